The molecule has 8 rings (SSSR count). The molecule has 23 heteroatoms. The number of carbonyl (C=O) groups excluding carboxylic acids is 3. The summed E-state index contributed by atoms with van der Waals surface area (Å²) in [6.07, 6.45) is 5.58. The van der Waals surface area contributed by atoms with Gasteiger partial charge in [0.2, 0.25) is 17.7 Å². The summed E-state index contributed by atoms with van der Waals surface area (Å²) < 4.78 is 76.6. The summed E-state index contributed by atoms with van der Waals surface area (Å²) in [5, 5.41) is 26.3. The summed E-state index contributed by atoms with van der Waals surface area (Å²) >= 11 is 1.56. The highest BCUT2D eigenvalue weighted by Crippen LogP contribution is 2.41. The van der Waals surface area contributed by atoms with E-state index in [-0.39, 0.29) is 55.0 Å². The number of β-amino-alcohol motifs (C(OH)–C–C–N with tert-alkyl or cyclic N) is 1. The standard InChI is InChI=1S/C53H60F3N11O7S2/c1-30-47(75-29-60-30)34-13-11-32(12-14-34)24-59-50(70)41-23-38(68)28-67(41)51(71)48(53(3,4)5)62-43(69)10-8-7-9-21-66-27-36(25-61-66)39-26-58-49(57)44-45(63-65(6)46(39)44)35-17-20-40(64-76(72,73)52(55)56)42(22-35)74-31(2)33-15-18-37(54)19-16-33/h11-20,22,25-27,29,31,38,41,48,52,64,68H,7-10,21,23-24,28H2,1-6H3,(H2,57,58)(H,59,70)(H,62,69)/t31-,38+,41-,48+/m0/s1. The molecule has 6 N–H and O–H groups in total. The minimum Gasteiger partial charge on any atom is -0.484 e. The van der Waals surface area contributed by atoms with Crippen molar-refractivity contribution in [3.8, 4) is 38.6 Å². The van der Waals surface area contributed by atoms with Crippen LogP contribution < -0.4 is 25.8 Å². The Bertz CT molecular complexity index is 3340. The van der Waals surface area contributed by atoms with Crippen LogP contribution in [0.25, 0.3) is 43.7 Å². The predicted molar refractivity (Wildman–Crippen MR) is 284 cm³/mol. The van der Waals surface area contributed by atoms with Gasteiger partial charge >= 0.3 is 5.76 Å². The fourth-order valence-electron chi connectivity index (χ4n) is 9.16. The highest BCUT2D eigenvalue weighted by atomic mass is 32.2. The van der Waals surface area contributed by atoms with Gasteiger partial charge in [-0.2, -0.15) is 19.0 Å². The van der Waals surface area contributed by atoms with Crippen molar-refractivity contribution in [1.82, 2.24) is 45.1 Å². The quantitative estimate of drug-likeness (QED) is 0.0455. The number of alkyl halides is 2. The van der Waals surface area contributed by atoms with E-state index in [0.717, 1.165) is 21.7 Å². The number of rotatable bonds is 20. The van der Waals surface area contributed by atoms with Crippen molar-refractivity contribution in [1.29, 1.82) is 0 Å². The molecule has 3 amide bonds. The number of sulfonamides is 1. The molecule has 4 aromatic heterocycles. The first kappa shape index (κ1) is 54.9. The lowest BCUT2D eigenvalue weighted by molar-refractivity contribution is -0.144. The van der Waals surface area contributed by atoms with Gasteiger partial charge in [-0.25, -0.2) is 22.8 Å². The maximum atomic E-state index is 14.2. The maximum absolute atomic E-state index is 14.2. The summed E-state index contributed by atoms with van der Waals surface area (Å²) in [4.78, 5) is 52.3. The van der Waals surface area contributed by atoms with Gasteiger partial charge < -0.3 is 31.1 Å². The van der Waals surface area contributed by atoms with Gasteiger partial charge in [-0.1, -0.05) is 69.7 Å². The zero-order valence-corrected chi connectivity index (χ0v) is 44.4. The number of halogens is 3. The lowest BCUT2D eigenvalue weighted by Crippen LogP contribution is -2.57. The van der Waals surface area contributed by atoms with E-state index in [4.69, 9.17) is 15.6 Å². The van der Waals surface area contributed by atoms with Crippen LogP contribution in [0.5, 0.6) is 5.75 Å². The van der Waals surface area contributed by atoms with Crippen LogP contribution >= 0.6 is 11.3 Å². The fourth-order valence-corrected chi connectivity index (χ4v) is 10.5. The molecular weight excluding hydrogens is 1020 g/mol. The number of benzene rings is 3. The first-order valence-electron chi connectivity index (χ1n) is 24.6. The minimum atomic E-state index is -5.09. The first-order valence-corrected chi connectivity index (χ1v) is 27.1. The molecule has 0 radical (unpaired) electrons. The Morgan fingerprint density at radius 1 is 0.974 bits per heavy atom. The van der Waals surface area contributed by atoms with E-state index in [0.29, 0.717) is 64.7 Å². The van der Waals surface area contributed by atoms with Crippen LogP contribution in [0.1, 0.15) is 82.7 Å². The maximum Gasteiger partial charge on any atom is 0.355 e. The first-order chi connectivity index (χ1) is 36.1. The molecule has 5 heterocycles. The molecule has 3 aromatic carbocycles. The monoisotopic (exact) mass is 1080 g/mol. The van der Waals surface area contributed by atoms with Crippen molar-refractivity contribution in [3.05, 3.63) is 113 Å². The van der Waals surface area contributed by atoms with Gasteiger partial charge in [0.05, 0.1) is 45.0 Å². The van der Waals surface area contributed by atoms with Gasteiger partial charge in [-0.15, -0.1) is 11.3 Å². The molecule has 76 heavy (non-hydrogen) atoms. The van der Waals surface area contributed by atoms with Gasteiger partial charge in [-0.05, 0) is 73.1 Å². The highest BCUT2D eigenvalue weighted by molar-refractivity contribution is 7.93. The number of nitrogens with two attached hydrogens (primary N) is 1. The second-order valence-corrected chi connectivity index (χ2v) is 22.4. The number of aromatic nitrogens is 6. The molecule has 4 atom stereocenters. The number of likely N-dealkylation sites (tertiary alicyclic amines) is 1. The molecule has 0 unspecified atom stereocenters. The number of ether oxygens (including phenoxy) is 1. The number of pyridine rings is 1. The van der Waals surface area contributed by atoms with E-state index < -0.39 is 57.2 Å². The van der Waals surface area contributed by atoms with Crippen LogP contribution in [0.4, 0.5) is 24.7 Å². The molecule has 1 aliphatic heterocycles. The number of fused-ring (bicyclic) bond motifs is 1. The summed E-state index contributed by atoms with van der Waals surface area (Å²) in [6.45, 7) is 9.85. The van der Waals surface area contributed by atoms with E-state index in [2.05, 4.69) is 25.7 Å². The Kier molecular flexibility index (Phi) is 16.5. The number of carbonyl (C=O) groups is 3. The second-order valence-electron chi connectivity index (χ2n) is 19.9. The predicted octanol–water partition coefficient (Wildman–Crippen LogP) is 8.13. The number of aliphatic hydroxyl groups is 1. The number of nitrogens with zero attached hydrogens (tertiary/aromatic N) is 7. The third-order valence-electron chi connectivity index (χ3n) is 13.2. The van der Waals surface area contributed by atoms with Gasteiger partial charge in [0.25, 0.3) is 10.0 Å². The van der Waals surface area contributed by atoms with Gasteiger partial charge in [0.15, 0.2) is 0 Å². The van der Waals surface area contributed by atoms with Gasteiger partial charge in [-0.3, -0.25) is 28.5 Å². The Hall–Kier alpha value is -7.37. The molecule has 0 saturated carbocycles. The summed E-state index contributed by atoms with van der Waals surface area (Å²) in [6, 6.07) is 15.6. The number of thiazole rings is 1. The molecule has 1 saturated heterocycles. The van der Waals surface area contributed by atoms with Crippen molar-refractivity contribution in [2.75, 3.05) is 17.0 Å². The van der Waals surface area contributed by atoms with Crippen molar-refractivity contribution in [2.24, 2.45) is 12.5 Å². The number of nitrogens with one attached hydrogen (secondary N) is 3. The zero-order chi connectivity index (χ0) is 54.6. The number of hydrogen-bond donors (Lipinski definition) is 5. The zero-order valence-electron chi connectivity index (χ0n) is 42.8. The van der Waals surface area contributed by atoms with Gasteiger partial charge in [0, 0.05) is 68.6 Å². The average Bonchev–Trinajstić information content (AvgIpc) is 4.22. The van der Waals surface area contributed by atoms with Crippen LogP contribution in [-0.4, -0.2) is 96.2 Å². The van der Waals surface area contributed by atoms with E-state index in [9.17, 15) is 41.1 Å². The Morgan fingerprint density at radius 3 is 2.38 bits per heavy atom. The number of aliphatic hydroxyl groups excluding tert-OH is 1. The summed E-state index contributed by atoms with van der Waals surface area (Å²) in [5.41, 5.74) is 13.4. The number of hydrogen-bond acceptors (Lipinski definition) is 13. The molecule has 402 valence electrons. The lowest BCUT2D eigenvalue weighted by Gasteiger charge is -2.35. The van der Waals surface area contributed by atoms with Crippen LogP contribution in [0.2, 0.25) is 0 Å². The number of amides is 3. The molecule has 0 spiro atoms. The van der Waals surface area contributed by atoms with Crippen molar-refractivity contribution >= 4 is 61.5 Å². The van der Waals surface area contributed by atoms with Gasteiger partial charge in [0.1, 0.15) is 41.3 Å². The average molecular weight is 1080 g/mol. The Morgan fingerprint density at radius 2 is 1.70 bits per heavy atom. The number of nitrogen functional groups attached to an aromatic ring is 1. The highest BCUT2D eigenvalue weighted by Gasteiger charge is 2.44. The van der Waals surface area contributed by atoms with E-state index in [1.165, 1.54) is 47.4 Å². The normalized spacial score (nSPS) is 15.8. The molecule has 1 aliphatic rings. The molecule has 18 nitrogen and oxygen atoms in total. The topological polar surface area (TPSA) is 242 Å². The van der Waals surface area contributed by atoms with E-state index in [1.54, 1.807) is 52.6 Å². The number of aryl methyl sites for hydroxylation is 3. The van der Waals surface area contributed by atoms with Crippen LogP contribution in [0.15, 0.2) is 90.8 Å². The third-order valence-corrected chi connectivity index (χ3v) is 15.2. The van der Waals surface area contributed by atoms with Crippen molar-refractivity contribution < 1.29 is 45.8 Å². The molecular formula is C53H60F3N11O7S2. The summed E-state index contributed by atoms with van der Waals surface area (Å²) in [7, 11) is -3.37. The SMILES string of the molecule is Cc1ncsc1-c1ccc(CNC(=O)[C@@H]2C[C@@H](O)CN2C(=O)[C@@H](NC(=O)CCCCCn2cc(-c3cnc(N)c4c(-c5ccc(NS(=O)(=O)C(F)F)c(O[C@@H](C)c6ccc(F)cc6)c5)nn(C)c34)cn2)C(C)(C)C)cc1. The van der Waals surface area contributed by atoms with Crippen LogP contribution in [-0.2, 0) is 44.5 Å². The smallest absolute Gasteiger partial charge is 0.355 e. The van der Waals surface area contributed by atoms with Crippen LogP contribution in [0, 0.1) is 18.2 Å². The molecule has 0 aliphatic carbocycles. The Labute approximate surface area is 441 Å². The summed E-state index contributed by atoms with van der Waals surface area (Å²) in [5.74, 6) is -5.27. The second kappa shape index (κ2) is 22.8. The van der Waals surface area contributed by atoms with E-state index >= 15 is 0 Å². The lowest BCUT2D eigenvalue weighted by atomic mass is 9.85. The molecule has 1 fully saturated rings. The van der Waals surface area contributed by atoms with Crippen molar-refractivity contribution in [3.63, 3.8) is 0 Å². The largest absolute Gasteiger partial charge is 0.484 e. The minimum absolute atomic E-state index is 0.0308. The van der Waals surface area contributed by atoms with E-state index in [1.807, 2.05) is 62.9 Å². The Balaban J connectivity index is 0.878. The third kappa shape index (κ3) is 12.5. The number of anilines is 2. The molecule has 7 aromatic rings. The van der Waals surface area contributed by atoms with Crippen molar-refractivity contribution in [2.45, 2.75) is 110 Å². The fraction of sp³-hybridized carbons (Fsp3) is 0.377. The number of unbranched alkanes of at least 4 members (excludes halogenated alkanes) is 2. The molecule has 0 bridgehead atoms. The van der Waals surface area contributed by atoms with Crippen LogP contribution in [0.3, 0.4) is 0 Å².